The minimum absolute atomic E-state index is 0.104. The summed E-state index contributed by atoms with van der Waals surface area (Å²) in [7, 11) is 0. The van der Waals surface area contributed by atoms with E-state index < -0.39 is 0 Å². The predicted molar refractivity (Wildman–Crippen MR) is 37.7 cm³/mol. The summed E-state index contributed by atoms with van der Waals surface area (Å²) in [4.78, 5) is 3.94. The Bertz CT molecular complexity index is 203. The Balaban J connectivity index is 1.90. The fourth-order valence-electron chi connectivity index (χ4n) is 1.36. The molecule has 62 valence electrons. The van der Waals surface area contributed by atoms with E-state index in [-0.39, 0.29) is 21.5 Å². The van der Waals surface area contributed by atoms with Gasteiger partial charge in [-0.3, -0.25) is 0 Å². The van der Waals surface area contributed by atoms with Gasteiger partial charge in [-0.25, -0.2) is 0 Å². The van der Waals surface area contributed by atoms with Crippen molar-refractivity contribution >= 4 is 0 Å². The molecule has 2 rings (SSSR count). The van der Waals surface area contributed by atoms with Crippen LogP contribution in [0.2, 0.25) is 0 Å². The van der Waals surface area contributed by atoms with Crippen LogP contribution in [-0.2, 0) is 0 Å². The van der Waals surface area contributed by atoms with Gasteiger partial charge in [-0.05, 0) is 0 Å². The number of rotatable bonds is 2. The summed E-state index contributed by atoms with van der Waals surface area (Å²) in [6, 6.07) is 0. The van der Waals surface area contributed by atoms with Crippen LogP contribution in [0.5, 0.6) is 0 Å². The van der Waals surface area contributed by atoms with Gasteiger partial charge in [0.15, 0.2) is 0 Å². The molecule has 1 aliphatic carbocycles. The third kappa shape index (κ3) is 1.91. The third-order valence-electron chi connectivity index (χ3n) is 1.91. The van der Waals surface area contributed by atoms with E-state index in [9.17, 15) is 0 Å². The van der Waals surface area contributed by atoms with Crippen molar-refractivity contribution in [2.45, 2.75) is 29.6 Å². The van der Waals surface area contributed by atoms with E-state index >= 15 is 0 Å². The van der Waals surface area contributed by atoms with Crippen LogP contribution in [0, 0.1) is 0 Å². The van der Waals surface area contributed by atoms with Gasteiger partial charge in [0.2, 0.25) is 0 Å². The van der Waals surface area contributed by atoms with E-state index in [1.807, 2.05) is 6.33 Å². The Morgan fingerprint density at radius 1 is 1.36 bits per heavy atom. The zero-order valence-electron chi connectivity index (χ0n) is 6.28. The Kier molecular flexibility index (Phi) is 2.40. The van der Waals surface area contributed by atoms with Crippen LogP contribution in [-0.4, -0.2) is 16.9 Å². The molecule has 0 atom stereocenters. The van der Waals surface area contributed by atoms with E-state index in [0.717, 1.165) is 3.92 Å². The fraction of sp³-hybridized carbons (Fsp3) is 0.714. The molecule has 0 bridgehead atoms. The van der Waals surface area contributed by atoms with Gasteiger partial charge in [0.25, 0.3) is 0 Å². The van der Waals surface area contributed by atoms with Crippen LogP contribution in [0.4, 0.5) is 0 Å². The minimum atomic E-state index is 0.104. The number of aromatic nitrogens is 3. The first-order valence-electron chi connectivity index (χ1n) is 3.94. The molecule has 0 N–H and O–H groups in total. The van der Waals surface area contributed by atoms with Gasteiger partial charge in [-0.1, -0.05) is 0 Å². The molecular formula is C7H11IN3-. The fourth-order valence-corrected chi connectivity index (χ4v) is 4.15. The Morgan fingerprint density at radius 3 is 2.82 bits per heavy atom. The second-order valence-electron chi connectivity index (χ2n) is 2.76. The maximum absolute atomic E-state index is 4.13. The Morgan fingerprint density at radius 2 is 2.18 bits per heavy atom. The summed E-state index contributed by atoms with van der Waals surface area (Å²) < 4.78 is 3.02. The van der Waals surface area contributed by atoms with Crippen molar-refractivity contribution in [3.8, 4) is 0 Å². The number of nitrogens with zero attached hydrogens (tertiary/aromatic N) is 3. The predicted octanol–water partition coefficient (Wildman–Crippen LogP) is -1.93. The van der Waals surface area contributed by atoms with Gasteiger partial charge in [0.1, 0.15) is 0 Å². The average Bonchev–Trinajstić information content (AvgIpc) is 2.60. The van der Waals surface area contributed by atoms with Gasteiger partial charge in [-0.15, -0.1) is 0 Å². The molecule has 0 spiro atoms. The molecule has 11 heavy (non-hydrogen) atoms. The molecule has 0 unspecified atom stereocenters. The van der Waals surface area contributed by atoms with E-state index in [2.05, 4.69) is 13.0 Å². The molecular weight excluding hydrogens is 253 g/mol. The molecule has 1 aliphatic rings. The number of hydrogen-bond acceptors (Lipinski definition) is 2. The van der Waals surface area contributed by atoms with Crippen molar-refractivity contribution in [2.75, 3.05) is 0 Å². The van der Waals surface area contributed by atoms with Crippen molar-refractivity contribution in [3.05, 3.63) is 12.7 Å². The van der Waals surface area contributed by atoms with Crippen LogP contribution in [0.1, 0.15) is 25.7 Å². The molecule has 4 heteroatoms. The monoisotopic (exact) mass is 264 g/mol. The van der Waals surface area contributed by atoms with Crippen molar-refractivity contribution < 1.29 is 21.5 Å². The van der Waals surface area contributed by atoms with Gasteiger partial charge in [0, 0.05) is 0 Å². The molecule has 0 amide bonds. The maximum atomic E-state index is 4.13. The molecule has 0 radical (unpaired) electrons. The first-order valence-corrected chi connectivity index (χ1v) is 6.15. The van der Waals surface area contributed by atoms with Crippen LogP contribution in [0.15, 0.2) is 12.7 Å². The molecule has 0 aromatic carbocycles. The molecule has 1 fully saturated rings. The molecule has 3 nitrogen and oxygen atoms in total. The SMILES string of the molecule is c1ncn([I-]C2CCCC2)n1. The third-order valence-corrected chi connectivity index (χ3v) is 5.02. The van der Waals surface area contributed by atoms with Crippen LogP contribution in [0.25, 0.3) is 0 Å². The van der Waals surface area contributed by atoms with Crippen molar-refractivity contribution in [2.24, 2.45) is 0 Å². The first-order chi connectivity index (χ1) is 5.45. The van der Waals surface area contributed by atoms with Crippen molar-refractivity contribution in [1.29, 1.82) is 0 Å². The summed E-state index contributed by atoms with van der Waals surface area (Å²) in [6.07, 6.45) is 9.19. The second kappa shape index (κ2) is 3.51. The molecule has 1 aromatic rings. The molecule has 0 aliphatic heterocycles. The second-order valence-corrected chi connectivity index (χ2v) is 6.07. The summed E-state index contributed by atoms with van der Waals surface area (Å²) in [5.41, 5.74) is 0. The molecule has 1 heterocycles. The van der Waals surface area contributed by atoms with Gasteiger partial charge in [-0.2, -0.15) is 0 Å². The number of halogens is 1. The van der Waals surface area contributed by atoms with Gasteiger partial charge < -0.3 is 0 Å². The van der Waals surface area contributed by atoms with E-state index in [4.69, 9.17) is 0 Å². The zero-order chi connectivity index (χ0) is 7.52. The average molecular weight is 264 g/mol. The summed E-state index contributed by atoms with van der Waals surface area (Å²) >= 11 is 0.104. The quantitative estimate of drug-likeness (QED) is 0.460. The normalized spacial score (nSPS) is 19.6. The van der Waals surface area contributed by atoms with Crippen LogP contribution < -0.4 is 21.5 Å². The number of alkyl halides is 1. The molecule has 1 saturated carbocycles. The molecule has 0 saturated heterocycles. The Hall–Kier alpha value is -0.130. The van der Waals surface area contributed by atoms with Crippen LogP contribution >= 0.6 is 0 Å². The standard InChI is InChI=1S/C7H11IN3/c1-2-4-7(3-1)8-11-6-9-5-10-11/h5-7H,1-4H2/q-1. The zero-order valence-corrected chi connectivity index (χ0v) is 8.44. The first kappa shape index (κ1) is 7.52. The van der Waals surface area contributed by atoms with Crippen molar-refractivity contribution in [1.82, 2.24) is 13.0 Å². The van der Waals surface area contributed by atoms with E-state index in [1.165, 1.54) is 25.7 Å². The topological polar surface area (TPSA) is 30.7 Å². The van der Waals surface area contributed by atoms with Crippen LogP contribution in [0.3, 0.4) is 0 Å². The van der Waals surface area contributed by atoms with E-state index in [1.54, 1.807) is 6.33 Å². The van der Waals surface area contributed by atoms with Gasteiger partial charge >= 0.3 is 76.7 Å². The van der Waals surface area contributed by atoms with Gasteiger partial charge in [0.05, 0.1) is 0 Å². The summed E-state index contributed by atoms with van der Waals surface area (Å²) in [6.45, 7) is 0. The number of hydrogen-bond donors (Lipinski definition) is 0. The molecule has 1 aromatic heterocycles. The Labute approximate surface area is 76.8 Å². The van der Waals surface area contributed by atoms with E-state index in [0.29, 0.717) is 0 Å². The summed E-state index contributed by atoms with van der Waals surface area (Å²) in [5.74, 6) is 0. The summed E-state index contributed by atoms with van der Waals surface area (Å²) in [5, 5.41) is 4.13. The van der Waals surface area contributed by atoms with Crippen molar-refractivity contribution in [3.63, 3.8) is 0 Å².